The Labute approximate surface area is 396 Å². The van der Waals surface area contributed by atoms with Crippen LogP contribution in [0, 0.1) is 0 Å². The maximum atomic E-state index is 12.8. The van der Waals surface area contributed by atoms with Crippen molar-refractivity contribution in [3.8, 4) is 0 Å². The smallest absolute Gasteiger partial charge is 0.306 e. The number of ether oxygens (including phenoxy) is 3. The molecule has 0 aliphatic rings. The van der Waals surface area contributed by atoms with Crippen LogP contribution in [-0.2, 0) is 28.6 Å². The van der Waals surface area contributed by atoms with E-state index in [1.165, 1.54) is 141 Å². The minimum absolute atomic E-state index is 0.0823. The van der Waals surface area contributed by atoms with Crippen molar-refractivity contribution in [3.05, 3.63) is 60.8 Å². The number of esters is 3. The maximum Gasteiger partial charge on any atom is 0.306 e. The molecule has 6 nitrogen and oxygen atoms in total. The van der Waals surface area contributed by atoms with Crippen molar-refractivity contribution < 1.29 is 28.6 Å². The second kappa shape index (κ2) is 52.7. The van der Waals surface area contributed by atoms with Crippen LogP contribution >= 0.6 is 0 Å². The largest absolute Gasteiger partial charge is 0.462 e. The third-order valence-electron chi connectivity index (χ3n) is 11.7. The van der Waals surface area contributed by atoms with Crippen LogP contribution in [0.2, 0.25) is 0 Å². The highest BCUT2D eigenvalue weighted by molar-refractivity contribution is 5.71. The zero-order chi connectivity index (χ0) is 46.5. The van der Waals surface area contributed by atoms with Crippen molar-refractivity contribution in [1.82, 2.24) is 0 Å². The molecule has 0 saturated carbocycles. The molecule has 0 heterocycles. The summed E-state index contributed by atoms with van der Waals surface area (Å²) in [6, 6.07) is 0. The second-order valence-electron chi connectivity index (χ2n) is 18.2. The van der Waals surface area contributed by atoms with Gasteiger partial charge in [-0.25, -0.2) is 0 Å². The van der Waals surface area contributed by atoms with Crippen LogP contribution in [0.3, 0.4) is 0 Å². The Morgan fingerprint density at radius 2 is 0.625 bits per heavy atom. The fraction of sp³-hybridized carbons (Fsp3) is 0.776. The Bertz CT molecular complexity index is 1170. The van der Waals surface area contributed by atoms with Gasteiger partial charge in [-0.15, -0.1) is 0 Å². The molecule has 0 bridgehead atoms. The minimum atomic E-state index is -0.783. The van der Waals surface area contributed by atoms with Gasteiger partial charge in [0.2, 0.25) is 0 Å². The lowest BCUT2D eigenvalue weighted by atomic mass is 10.1. The molecule has 370 valence electrons. The minimum Gasteiger partial charge on any atom is -0.462 e. The van der Waals surface area contributed by atoms with Gasteiger partial charge in [-0.3, -0.25) is 14.4 Å². The normalized spacial score (nSPS) is 12.5. The molecule has 0 spiro atoms. The first-order valence-electron chi connectivity index (χ1n) is 27.3. The summed E-state index contributed by atoms with van der Waals surface area (Å²) in [5.41, 5.74) is 0. The summed E-state index contributed by atoms with van der Waals surface area (Å²) in [7, 11) is 0. The molecule has 0 aromatic rings. The van der Waals surface area contributed by atoms with Crippen LogP contribution in [-0.4, -0.2) is 37.2 Å². The average molecular weight is 895 g/mol. The number of allylic oxidation sites excluding steroid dienone is 10. The Morgan fingerprint density at radius 3 is 1.02 bits per heavy atom. The van der Waals surface area contributed by atoms with Gasteiger partial charge in [0, 0.05) is 19.3 Å². The Hall–Kier alpha value is -2.89. The van der Waals surface area contributed by atoms with E-state index in [1.54, 1.807) is 0 Å². The highest BCUT2D eigenvalue weighted by Crippen LogP contribution is 2.15. The Kier molecular flexibility index (Phi) is 50.4. The second-order valence-corrected chi connectivity index (χ2v) is 18.2. The summed E-state index contributed by atoms with van der Waals surface area (Å²) >= 11 is 0. The van der Waals surface area contributed by atoms with Crippen LogP contribution in [0.25, 0.3) is 0 Å². The molecule has 0 rings (SSSR count). The van der Waals surface area contributed by atoms with Crippen LogP contribution in [0.4, 0.5) is 0 Å². The number of carbonyl (C=O) groups is 3. The summed E-state index contributed by atoms with van der Waals surface area (Å²) in [6.45, 7) is 6.54. The van der Waals surface area contributed by atoms with Gasteiger partial charge in [0.15, 0.2) is 6.10 Å². The number of rotatable bonds is 49. The van der Waals surface area contributed by atoms with Crippen molar-refractivity contribution in [3.63, 3.8) is 0 Å². The third-order valence-corrected chi connectivity index (χ3v) is 11.7. The number of carbonyl (C=O) groups excluding carboxylic acids is 3. The summed E-state index contributed by atoms with van der Waals surface area (Å²) in [5, 5.41) is 0. The number of unbranched alkanes of at least 4 members (excludes halogenated alkanes) is 29. The quantitative estimate of drug-likeness (QED) is 0.0199. The molecule has 0 N–H and O–H groups in total. The first kappa shape index (κ1) is 61.1. The molecule has 0 aliphatic heterocycles. The molecule has 6 heteroatoms. The van der Waals surface area contributed by atoms with Gasteiger partial charge < -0.3 is 14.2 Å². The summed E-state index contributed by atoms with van der Waals surface area (Å²) < 4.78 is 16.8. The van der Waals surface area contributed by atoms with E-state index in [0.29, 0.717) is 19.3 Å². The van der Waals surface area contributed by atoms with E-state index >= 15 is 0 Å². The summed E-state index contributed by atoms with van der Waals surface area (Å²) in [5.74, 6) is -0.902. The first-order valence-corrected chi connectivity index (χ1v) is 27.3. The molecule has 0 amide bonds. The lowest BCUT2D eigenvalue weighted by Gasteiger charge is -2.18. The first-order chi connectivity index (χ1) is 31.5. The Morgan fingerprint density at radius 1 is 0.328 bits per heavy atom. The molecule has 0 radical (unpaired) electrons. The molecule has 0 fully saturated rings. The number of hydrogen-bond donors (Lipinski definition) is 0. The van der Waals surface area contributed by atoms with E-state index < -0.39 is 6.10 Å². The zero-order valence-electron chi connectivity index (χ0n) is 42.3. The van der Waals surface area contributed by atoms with Crippen molar-refractivity contribution in [2.45, 2.75) is 277 Å². The lowest BCUT2D eigenvalue weighted by Crippen LogP contribution is -2.30. The van der Waals surface area contributed by atoms with Gasteiger partial charge in [-0.05, 0) is 96.3 Å². The van der Waals surface area contributed by atoms with Gasteiger partial charge >= 0.3 is 17.9 Å². The topological polar surface area (TPSA) is 78.9 Å². The SMILES string of the molecule is CCCC/C=C\CCCCCCC(=O)OCC(COC(=O)CCCCCCCCCCCC/C=C\C=C/CCCCC)OC(=O)CCCCCCCCC/C=C\C/C=C\CCCCC. The van der Waals surface area contributed by atoms with E-state index in [9.17, 15) is 14.4 Å². The highest BCUT2D eigenvalue weighted by atomic mass is 16.6. The molecule has 1 atom stereocenters. The zero-order valence-corrected chi connectivity index (χ0v) is 42.3. The summed E-state index contributed by atoms with van der Waals surface area (Å²) in [4.78, 5) is 38.0. The fourth-order valence-electron chi connectivity index (χ4n) is 7.56. The van der Waals surface area contributed by atoms with Crippen molar-refractivity contribution >= 4 is 17.9 Å². The maximum absolute atomic E-state index is 12.8. The molecule has 0 saturated heterocycles. The molecular weight excluding hydrogens is 793 g/mol. The van der Waals surface area contributed by atoms with Crippen LogP contribution < -0.4 is 0 Å². The van der Waals surface area contributed by atoms with E-state index in [1.807, 2.05) is 0 Å². The van der Waals surface area contributed by atoms with Gasteiger partial charge in [0.25, 0.3) is 0 Å². The predicted molar refractivity (Wildman–Crippen MR) is 275 cm³/mol. The van der Waals surface area contributed by atoms with Gasteiger partial charge in [0.05, 0.1) is 0 Å². The van der Waals surface area contributed by atoms with Crippen LogP contribution in [0.5, 0.6) is 0 Å². The van der Waals surface area contributed by atoms with Gasteiger partial charge in [-0.1, -0.05) is 216 Å². The van der Waals surface area contributed by atoms with E-state index in [-0.39, 0.29) is 31.1 Å². The standard InChI is InChI=1S/C58H102O6/c1-4-7-10-13-16-19-22-24-26-28-29-31-32-34-36-39-42-45-48-51-57(60)63-54-55(53-62-56(59)50-47-44-41-38-21-18-15-12-9-6-3)64-58(61)52-49-46-43-40-37-35-33-30-27-25-23-20-17-14-11-8-5-2/h15-20,22,24-25,27,55H,4-14,21,23,26,28-54H2,1-3H3/b18-15-,19-16-,20-17-,24-22-,27-25-. The molecule has 0 aliphatic carbocycles. The summed E-state index contributed by atoms with van der Waals surface area (Å²) in [6.07, 6.45) is 64.9. The molecular formula is C58H102O6. The predicted octanol–water partition coefficient (Wildman–Crippen LogP) is 18.0. The highest BCUT2D eigenvalue weighted by Gasteiger charge is 2.19. The Balaban J connectivity index is 4.33. The van der Waals surface area contributed by atoms with E-state index in [0.717, 1.165) is 89.9 Å². The van der Waals surface area contributed by atoms with E-state index in [2.05, 4.69) is 81.5 Å². The lowest BCUT2D eigenvalue weighted by molar-refractivity contribution is -0.167. The monoisotopic (exact) mass is 895 g/mol. The van der Waals surface area contributed by atoms with Crippen LogP contribution in [0.15, 0.2) is 60.8 Å². The van der Waals surface area contributed by atoms with Gasteiger partial charge in [-0.2, -0.15) is 0 Å². The van der Waals surface area contributed by atoms with Crippen molar-refractivity contribution in [1.29, 1.82) is 0 Å². The average Bonchev–Trinajstić information content (AvgIpc) is 3.29. The van der Waals surface area contributed by atoms with Crippen molar-refractivity contribution in [2.24, 2.45) is 0 Å². The molecule has 64 heavy (non-hydrogen) atoms. The fourth-order valence-corrected chi connectivity index (χ4v) is 7.56. The van der Waals surface area contributed by atoms with Crippen LogP contribution in [0.1, 0.15) is 271 Å². The molecule has 0 aromatic heterocycles. The molecule has 0 aromatic carbocycles. The molecule has 1 unspecified atom stereocenters. The third kappa shape index (κ3) is 50.1. The number of hydrogen-bond acceptors (Lipinski definition) is 6. The van der Waals surface area contributed by atoms with Gasteiger partial charge in [0.1, 0.15) is 13.2 Å². The van der Waals surface area contributed by atoms with E-state index in [4.69, 9.17) is 14.2 Å². The van der Waals surface area contributed by atoms with Crippen molar-refractivity contribution in [2.75, 3.05) is 13.2 Å².